The second kappa shape index (κ2) is 6.68. The van der Waals surface area contributed by atoms with Crippen molar-refractivity contribution in [2.45, 2.75) is 44.1 Å². The van der Waals surface area contributed by atoms with Crippen LogP contribution in [0.4, 0.5) is 4.39 Å². The van der Waals surface area contributed by atoms with E-state index in [-0.39, 0.29) is 5.82 Å². The summed E-state index contributed by atoms with van der Waals surface area (Å²) < 4.78 is 19.2. The number of hydrogen-bond acceptors (Lipinski definition) is 2. The highest BCUT2D eigenvalue weighted by Crippen LogP contribution is 2.37. The molecule has 0 aliphatic heterocycles. The minimum Gasteiger partial charge on any atom is -0.381 e. The molecule has 1 N–H and O–H groups in total. The lowest BCUT2D eigenvalue weighted by molar-refractivity contribution is 0.120. The number of hydrogen-bond donors (Lipinski definition) is 1. The average molecular weight is 277 g/mol. The van der Waals surface area contributed by atoms with Gasteiger partial charge in [0, 0.05) is 19.3 Å². The Labute approximate surface area is 120 Å². The molecule has 1 aromatic rings. The maximum atomic E-state index is 13.6. The highest BCUT2D eigenvalue weighted by molar-refractivity contribution is 5.24. The van der Waals surface area contributed by atoms with E-state index in [0.717, 1.165) is 50.5 Å². The van der Waals surface area contributed by atoms with Crippen LogP contribution in [0, 0.1) is 11.7 Å². The molecule has 3 rings (SSSR count). The van der Waals surface area contributed by atoms with Gasteiger partial charge >= 0.3 is 0 Å². The van der Waals surface area contributed by atoms with E-state index in [1.54, 1.807) is 12.1 Å². The van der Waals surface area contributed by atoms with Crippen LogP contribution >= 0.6 is 0 Å². The zero-order valence-electron chi connectivity index (χ0n) is 12.0. The first-order valence-corrected chi connectivity index (χ1v) is 7.88. The Morgan fingerprint density at radius 3 is 2.75 bits per heavy atom. The molecule has 3 heteroatoms. The molecule has 20 heavy (non-hydrogen) atoms. The van der Waals surface area contributed by atoms with Gasteiger partial charge in [0.2, 0.25) is 0 Å². The lowest BCUT2D eigenvalue weighted by Crippen LogP contribution is -2.41. The van der Waals surface area contributed by atoms with Crippen LogP contribution in [-0.4, -0.2) is 25.8 Å². The summed E-state index contributed by atoms with van der Waals surface area (Å²) in [6, 6.07) is 7.73. The van der Waals surface area contributed by atoms with Crippen LogP contribution in [-0.2, 0) is 4.74 Å². The largest absolute Gasteiger partial charge is 0.381 e. The van der Waals surface area contributed by atoms with Gasteiger partial charge in [-0.2, -0.15) is 0 Å². The molecule has 110 valence electrons. The van der Waals surface area contributed by atoms with Crippen LogP contribution in [0.25, 0.3) is 0 Å². The van der Waals surface area contributed by atoms with Crippen LogP contribution in [0.1, 0.15) is 43.6 Å². The van der Waals surface area contributed by atoms with Gasteiger partial charge in [-0.3, -0.25) is 0 Å². The van der Waals surface area contributed by atoms with Crippen molar-refractivity contribution in [3.05, 3.63) is 35.6 Å². The number of rotatable bonds is 8. The third-order valence-electron chi connectivity index (χ3n) is 4.43. The lowest BCUT2D eigenvalue weighted by Gasteiger charge is -2.36. The van der Waals surface area contributed by atoms with Gasteiger partial charge in [-0.15, -0.1) is 0 Å². The van der Waals surface area contributed by atoms with E-state index in [2.05, 4.69) is 5.32 Å². The van der Waals surface area contributed by atoms with Gasteiger partial charge in [-0.05, 0) is 62.1 Å². The minimum absolute atomic E-state index is 0.0515. The molecule has 0 bridgehead atoms. The van der Waals surface area contributed by atoms with E-state index in [1.807, 2.05) is 12.1 Å². The Balaban J connectivity index is 1.26. The van der Waals surface area contributed by atoms with Crippen LogP contribution < -0.4 is 5.32 Å². The highest BCUT2D eigenvalue weighted by atomic mass is 19.1. The first kappa shape index (κ1) is 14.0. The Morgan fingerprint density at radius 2 is 2.00 bits per heavy atom. The summed E-state index contributed by atoms with van der Waals surface area (Å²) in [5, 5.41) is 3.54. The van der Waals surface area contributed by atoms with Crippen molar-refractivity contribution < 1.29 is 9.13 Å². The molecule has 0 saturated heterocycles. The number of benzene rings is 1. The Hall–Kier alpha value is -0.930. The fourth-order valence-corrected chi connectivity index (χ4v) is 2.86. The fourth-order valence-electron chi connectivity index (χ4n) is 2.86. The van der Waals surface area contributed by atoms with Gasteiger partial charge in [0.05, 0.1) is 0 Å². The monoisotopic (exact) mass is 277 g/mol. The molecule has 2 nitrogen and oxygen atoms in total. The van der Waals surface area contributed by atoms with E-state index in [1.165, 1.54) is 12.8 Å². The quantitative estimate of drug-likeness (QED) is 0.735. The van der Waals surface area contributed by atoms with Gasteiger partial charge in [0.25, 0.3) is 0 Å². The summed E-state index contributed by atoms with van der Waals surface area (Å²) in [4.78, 5) is 0. The standard InChI is InChI=1S/C17H24FNO/c18-17-5-2-1-4-16(17)14-10-15(11-14)19-8-3-9-20-12-13-6-7-13/h1-2,4-5,13-15,19H,3,6-12H2. The smallest absolute Gasteiger partial charge is 0.126 e. The zero-order valence-corrected chi connectivity index (χ0v) is 12.0. The molecule has 2 aliphatic rings. The molecule has 2 aliphatic carbocycles. The molecule has 0 unspecified atom stereocenters. The minimum atomic E-state index is -0.0515. The maximum absolute atomic E-state index is 13.6. The van der Waals surface area contributed by atoms with E-state index in [0.29, 0.717) is 12.0 Å². The fraction of sp³-hybridized carbons (Fsp3) is 0.647. The third-order valence-corrected chi connectivity index (χ3v) is 4.43. The highest BCUT2D eigenvalue weighted by Gasteiger charge is 2.31. The lowest BCUT2D eigenvalue weighted by atomic mass is 9.75. The second-order valence-electron chi connectivity index (χ2n) is 6.21. The average Bonchev–Trinajstić information content (AvgIpc) is 3.21. The van der Waals surface area contributed by atoms with Gasteiger partial charge in [-0.1, -0.05) is 18.2 Å². The Bertz CT molecular complexity index is 427. The molecule has 2 saturated carbocycles. The molecule has 0 heterocycles. The van der Waals surface area contributed by atoms with Crippen LogP contribution in [0.3, 0.4) is 0 Å². The number of halogens is 1. The van der Waals surface area contributed by atoms with Crippen LogP contribution in [0.15, 0.2) is 24.3 Å². The Morgan fingerprint density at radius 1 is 1.20 bits per heavy atom. The van der Waals surface area contributed by atoms with Crippen molar-refractivity contribution in [1.82, 2.24) is 5.32 Å². The summed E-state index contributed by atoms with van der Waals surface area (Å²) in [7, 11) is 0. The molecule has 0 amide bonds. The SMILES string of the molecule is Fc1ccccc1C1CC(NCCCOCC2CC2)C1. The predicted octanol–water partition coefficient (Wildman–Crippen LogP) is 3.48. The molecular weight excluding hydrogens is 253 g/mol. The van der Waals surface area contributed by atoms with Crippen molar-refractivity contribution in [3.8, 4) is 0 Å². The molecule has 0 spiro atoms. The van der Waals surface area contributed by atoms with Gasteiger partial charge < -0.3 is 10.1 Å². The van der Waals surface area contributed by atoms with Crippen molar-refractivity contribution >= 4 is 0 Å². The van der Waals surface area contributed by atoms with Gasteiger partial charge in [0.1, 0.15) is 5.82 Å². The summed E-state index contributed by atoms with van der Waals surface area (Å²) in [6.07, 6.45) is 5.91. The molecule has 2 fully saturated rings. The van der Waals surface area contributed by atoms with Gasteiger partial charge in [0.15, 0.2) is 0 Å². The summed E-state index contributed by atoms with van der Waals surface area (Å²) >= 11 is 0. The molecule has 0 atom stereocenters. The second-order valence-corrected chi connectivity index (χ2v) is 6.21. The van der Waals surface area contributed by atoms with Crippen molar-refractivity contribution in [3.63, 3.8) is 0 Å². The maximum Gasteiger partial charge on any atom is 0.126 e. The molecular formula is C17H24FNO. The van der Waals surface area contributed by atoms with E-state index in [9.17, 15) is 4.39 Å². The summed E-state index contributed by atoms with van der Waals surface area (Å²) in [5.74, 6) is 1.21. The summed E-state index contributed by atoms with van der Waals surface area (Å²) in [5.41, 5.74) is 0.887. The zero-order chi connectivity index (χ0) is 13.8. The molecule has 0 radical (unpaired) electrons. The van der Waals surface area contributed by atoms with Crippen LogP contribution in [0.5, 0.6) is 0 Å². The van der Waals surface area contributed by atoms with Crippen LogP contribution in [0.2, 0.25) is 0 Å². The molecule has 0 aromatic heterocycles. The summed E-state index contributed by atoms with van der Waals surface area (Å²) in [6.45, 7) is 2.84. The van der Waals surface area contributed by atoms with Crippen molar-refractivity contribution in [2.24, 2.45) is 5.92 Å². The number of nitrogens with one attached hydrogen (secondary N) is 1. The Kier molecular flexibility index (Phi) is 4.69. The normalized spacial score (nSPS) is 25.4. The third kappa shape index (κ3) is 3.80. The van der Waals surface area contributed by atoms with Crippen molar-refractivity contribution in [1.29, 1.82) is 0 Å². The van der Waals surface area contributed by atoms with E-state index in [4.69, 9.17) is 4.74 Å². The topological polar surface area (TPSA) is 21.3 Å². The number of ether oxygens (including phenoxy) is 1. The van der Waals surface area contributed by atoms with Gasteiger partial charge in [-0.25, -0.2) is 4.39 Å². The predicted molar refractivity (Wildman–Crippen MR) is 78.3 cm³/mol. The first-order chi connectivity index (χ1) is 9.83. The molecule has 1 aromatic carbocycles. The first-order valence-electron chi connectivity index (χ1n) is 7.88. The van der Waals surface area contributed by atoms with E-state index < -0.39 is 0 Å². The van der Waals surface area contributed by atoms with E-state index >= 15 is 0 Å². The van der Waals surface area contributed by atoms with Crippen molar-refractivity contribution in [2.75, 3.05) is 19.8 Å².